The van der Waals surface area contributed by atoms with Crippen molar-refractivity contribution in [3.8, 4) is 5.75 Å². The number of hydrogen-bond acceptors (Lipinski definition) is 3. The Bertz CT molecular complexity index is 513. The molecule has 0 saturated heterocycles. The van der Waals surface area contributed by atoms with Gasteiger partial charge in [0.25, 0.3) is 0 Å². The van der Waals surface area contributed by atoms with Gasteiger partial charge in [-0.25, -0.2) is 0 Å². The summed E-state index contributed by atoms with van der Waals surface area (Å²) in [7, 11) is -3.53. The summed E-state index contributed by atoms with van der Waals surface area (Å²) in [6.45, 7) is 4.36. The maximum atomic E-state index is 12.0. The fourth-order valence-corrected chi connectivity index (χ4v) is 2.85. The number of anilines is 1. The molecule has 1 aromatic carbocycles. The Kier molecular flexibility index (Phi) is 3.35. The Morgan fingerprint density at radius 3 is 3.00 bits per heavy atom. The molecule has 0 aliphatic carbocycles. The van der Waals surface area contributed by atoms with E-state index >= 15 is 0 Å². The van der Waals surface area contributed by atoms with Crippen LogP contribution in [0.3, 0.4) is 0 Å². The Balaban J connectivity index is 2.32. The number of nitrogens with zero attached hydrogens (tertiary/aromatic N) is 1. The number of fused-ring (bicyclic) bond motifs is 1. The van der Waals surface area contributed by atoms with Crippen LogP contribution in [-0.4, -0.2) is 28.1 Å². The standard InChI is InChI=1S/C11H14N2O3S/c1-2-7-12-17(14,15)13-8-9-16-11-6-4-3-5-10(11)13/h2-6,12H,1,7-9H2. The van der Waals surface area contributed by atoms with Gasteiger partial charge in [-0.15, -0.1) is 6.58 Å². The average Bonchev–Trinajstić information content (AvgIpc) is 2.36. The predicted molar refractivity (Wildman–Crippen MR) is 66.4 cm³/mol. The van der Waals surface area contributed by atoms with Crippen molar-refractivity contribution >= 4 is 15.9 Å². The largest absolute Gasteiger partial charge is 0.489 e. The maximum Gasteiger partial charge on any atom is 0.302 e. The molecule has 0 bridgehead atoms. The molecule has 1 aromatic rings. The van der Waals surface area contributed by atoms with Crippen molar-refractivity contribution in [3.63, 3.8) is 0 Å². The molecule has 1 heterocycles. The Morgan fingerprint density at radius 1 is 1.47 bits per heavy atom. The first-order chi connectivity index (χ1) is 8.15. The third kappa shape index (κ3) is 2.42. The van der Waals surface area contributed by atoms with Crippen LogP contribution in [0.25, 0.3) is 0 Å². The lowest BCUT2D eigenvalue weighted by atomic mass is 10.2. The lowest BCUT2D eigenvalue weighted by molar-refractivity contribution is 0.315. The van der Waals surface area contributed by atoms with E-state index in [1.807, 2.05) is 6.07 Å². The lowest BCUT2D eigenvalue weighted by Gasteiger charge is -2.30. The van der Waals surface area contributed by atoms with Crippen molar-refractivity contribution in [2.75, 3.05) is 24.0 Å². The number of benzene rings is 1. The highest BCUT2D eigenvalue weighted by molar-refractivity contribution is 7.90. The van der Waals surface area contributed by atoms with Crippen molar-refractivity contribution < 1.29 is 13.2 Å². The van der Waals surface area contributed by atoms with Crippen LogP contribution < -0.4 is 13.8 Å². The van der Waals surface area contributed by atoms with Crippen molar-refractivity contribution in [1.29, 1.82) is 0 Å². The molecule has 0 spiro atoms. The van der Waals surface area contributed by atoms with Gasteiger partial charge in [-0.3, -0.25) is 4.31 Å². The molecule has 17 heavy (non-hydrogen) atoms. The second-order valence-electron chi connectivity index (χ2n) is 3.53. The zero-order valence-corrected chi connectivity index (χ0v) is 10.1. The molecule has 0 aromatic heterocycles. The molecule has 0 amide bonds. The van der Waals surface area contributed by atoms with Crippen LogP contribution in [0.15, 0.2) is 36.9 Å². The molecule has 0 unspecified atom stereocenters. The van der Waals surface area contributed by atoms with Crippen LogP contribution in [-0.2, 0) is 10.2 Å². The van der Waals surface area contributed by atoms with Crippen LogP contribution in [0, 0.1) is 0 Å². The zero-order chi connectivity index (χ0) is 12.3. The molecule has 1 aliphatic heterocycles. The minimum Gasteiger partial charge on any atom is -0.489 e. The number of para-hydroxylation sites is 2. The van der Waals surface area contributed by atoms with Gasteiger partial charge in [-0.05, 0) is 12.1 Å². The van der Waals surface area contributed by atoms with E-state index in [1.54, 1.807) is 18.2 Å². The van der Waals surface area contributed by atoms with Gasteiger partial charge < -0.3 is 4.74 Å². The number of hydrogen-bond donors (Lipinski definition) is 1. The minimum atomic E-state index is -3.53. The van der Waals surface area contributed by atoms with Crippen LogP contribution in [0.1, 0.15) is 0 Å². The van der Waals surface area contributed by atoms with E-state index < -0.39 is 10.2 Å². The summed E-state index contributed by atoms with van der Waals surface area (Å²) in [5.41, 5.74) is 0.565. The fraction of sp³-hybridized carbons (Fsp3) is 0.273. The quantitative estimate of drug-likeness (QED) is 0.812. The maximum absolute atomic E-state index is 12.0. The Hall–Kier alpha value is -1.53. The highest BCUT2D eigenvalue weighted by Gasteiger charge is 2.27. The molecule has 2 rings (SSSR count). The second kappa shape index (κ2) is 4.77. The summed E-state index contributed by atoms with van der Waals surface area (Å²) in [5, 5.41) is 0. The molecule has 0 atom stereocenters. The summed E-state index contributed by atoms with van der Waals surface area (Å²) < 4.78 is 33.2. The van der Waals surface area contributed by atoms with E-state index in [1.165, 1.54) is 10.4 Å². The number of nitrogens with one attached hydrogen (secondary N) is 1. The van der Waals surface area contributed by atoms with Gasteiger partial charge in [-0.1, -0.05) is 18.2 Å². The molecule has 0 radical (unpaired) electrons. The van der Waals surface area contributed by atoms with Crippen molar-refractivity contribution in [1.82, 2.24) is 4.72 Å². The van der Waals surface area contributed by atoms with E-state index in [2.05, 4.69) is 11.3 Å². The molecule has 92 valence electrons. The van der Waals surface area contributed by atoms with Crippen molar-refractivity contribution in [3.05, 3.63) is 36.9 Å². The molecular weight excluding hydrogens is 240 g/mol. The molecule has 1 N–H and O–H groups in total. The summed E-state index contributed by atoms with van der Waals surface area (Å²) in [6.07, 6.45) is 1.50. The Morgan fingerprint density at radius 2 is 2.24 bits per heavy atom. The average molecular weight is 254 g/mol. The SMILES string of the molecule is C=CCNS(=O)(=O)N1CCOc2ccccc21. The molecule has 0 saturated carbocycles. The van der Waals surface area contributed by atoms with E-state index in [0.29, 0.717) is 24.6 Å². The van der Waals surface area contributed by atoms with E-state index in [-0.39, 0.29) is 6.54 Å². The van der Waals surface area contributed by atoms with Gasteiger partial charge in [0, 0.05) is 6.54 Å². The summed E-state index contributed by atoms with van der Waals surface area (Å²) in [4.78, 5) is 0. The molecule has 5 nitrogen and oxygen atoms in total. The minimum absolute atomic E-state index is 0.210. The molecular formula is C11H14N2O3S. The van der Waals surface area contributed by atoms with Crippen LogP contribution >= 0.6 is 0 Å². The van der Waals surface area contributed by atoms with Gasteiger partial charge in [0.2, 0.25) is 0 Å². The zero-order valence-electron chi connectivity index (χ0n) is 9.30. The number of ether oxygens (including phenoxy) is 1. The summed E-state index contributed by atoms with van der Waals surface area (Å²) in [5.74, 6) is 0.586. The van der Waals surface area contributed by atoms with Gasteiger partial charge >= 0.3 is 10.2 Å². The van der Waals surface area contributed by atoms with Crippen molar-refractivity contribution in [2.45, 2.75) is 0 Å². The molecule has 0 fully saturated rings. The highest BCUT2D eigenvalue weighted by Crippen LogP contribution is 2.32. The van der Waals surface area contributed by atoms with Crippen LogP contribution in [0.5, 0.6) is 5.75 Å². The third-order valence-corrected chi connectivity index (χ3v) is 3.88. The molecule has 1 aliphatic rings. The van der Waals surface area contributed by atoms with Gasteiger partial charge in [-0.2, -0.15) is 13.1 Å². The lowest BCUT2D eigenvalue weighted by Crippen LogP contribution is -2.44. The normalized spacial score (nSPS) is 14.9. The smallest absolute Gasteiger partial charge is 0.302 e. The molecule has 6 heteroatoms. The third-order valence-electron chi connectivity index (χ3n) is 2.39. The topological polar surface area (TPSA) is 58.6 Å². The predicted octanol–water partition coefficient (Wildman–Crippen LogP) is 0.906. The van der Waals surface area contributed by atoms with Crippen LogP contribution in [0.4, 0.5) is 5.69 Å². The Labute approximate surface area is 101 Å². The first kappa shape index (κ1) is 11.9. The van der Waals surface area contributed by atoms with Crippen LogP contribution in [0.2, 0.25) is 0 Å². The second-order valence-corrected chi connectivity index (χ2v) is 5.21. The summed E-state index contributed by atoms with van der Waals surface area (Å²) >= 11 is 0. The van der Waals surface area contributed by atoms with Gasteiger partial charge in [0.05, 0.1) is 12.2 Å². The first-order valence-electron chi connectivity index (χ1n) is 5.25. The van der Waals surface area contributed by atoms with E-state index in [9.17, 15) is 8.42 Å². The van der Waals surface area contributed by atoms with Gasteiger partial charge in [0.1, 0.15) is 12.4 Å². The van der Waals surface area contributed by atoms with Gasteiger partial charge in [0.15, 0.2) is 0 Å². The van der Waals surface area contributed by atoms with E-state index in [0.717, 1.165) is 0 Å². The van der Waals surface area contributed by atoms with E-state index in [4.69, 9.17) is 4.74 Å². The summed E-state index contributed by atoms with van der Waals surface area (Å²) in [6, 6.07) is 7.07. The fourth-order valence-electron chi connectivity index (χ4n) is 1.64. The highest BCUT2D eigenvalue weighted by atomic mass is 32.2. The monoisotopic (exact) mass is 254 g/mol. The first-order valence-corrected chi connectivity index (χ1v) is 6.69. The van der Waals surface area contributed by atoms with Crippen molar-refractivity contribution in [2.24, 2.45) is 0 Å². The number of rotatable bonds is 4.